The third-order valence-electron chi connectivity index (χ3n) is 4.56. The van der Waals surface area contributed by atoms with E-state index in [4.69, 9.17) is 10.1 Å². The maximum Gasteiger partial charge on any atom is 0.161 e. The average molecular weight is 488 g/mol. The van der Waals surface area contributed by atoms with Crippen LogP contribution in [0, 0.1) is 0 Å². The van der Waals surface area contributed by atoms with Gasteiger partial charge in [0.15, 0.2) is 5.82 Å². The van der Waals surface area contributed by atoms with Crippen molar-refractivity contribution in [2.24, 2.45) is 4.99 Å². The van der Waals surface area contributed by atoms with Crippen LogP contribution in [-0.4, -0.2) is 39.7 Å². The van der Waals surface area contributed by atoms with Crippen molar-refractivity contribution in [3.63, 3.8) is 0 Å². The summed E-state index contributed by atoms with van der Waals surface area (Å²) in [4.78, 5) is 5.44. The van der Waals surface area contributed by atoms with Gasteiger partial charge in [-0.05, 0) is 12.2 Å². The third kappa shape index (κ3) is 4.71. The monoisotopic (exact) mass is 487 g/mol. The molecule has 2 heterocycles. The predicted octanol–water partition coefficient (Wildman–Crippen LogP) is 2.28. The molecular formula is C21H22BrN5O2S. The Kier molecular flexibility index (Phi) is 6.76. The Morgan fingerprint density at radius 2 is 2.10 bits per heavy atom. The van der Waals surface area contributed by atoms with Crippen LogP contribution in [0.1, 0.15) is 12.0 Å². The summed E-state index contributed by atoms with van der Waals surface area (Å²) < 4.78 is 16.2. The van der Waals surface area contributed by atoms with Gasteiger partial charge in [-0.3, -0.25) is 0 Å². The van der Waals surface area contributed by atoms with E-state index in [1.165, 1.54) is 0 Å². The minimum absolute atomic E-state index is 0.0667. The van der Waals surface area contributed by atoms with E-state index in [2.05, 4.69) is 31.4 Å². The van der Waals surface area contributed by atoms with Gasteiger partial charge >= 0.3 is 0 Å². The first kappa shape index (κ1) is 21.0. The molecule has 7 nitrogen and oxygen atoms in total. The first-order chi connectivity index (χ1) is 14.7. The summed E-state index contributed by atoms with van der Waals surface area (Å²) in [6.07, 6.45) is 10.3. The predicted molar refractivity (Wildman–Crippen MR) is 123 cm³/mol. The summed E-state index contributed by atoms with van der Waals surface area (Å²) >= 11 is 3.61. The summed E-state index contributed by atoms with van der Waals surface area (Å²) in [5.41, 5.74) is 6.10. The van der Waals surface area contributed by atoms with Crippen LogP contribution in [0.15, 0.2) is 92.4 Å². The number of hydrogen-bond donors (Lipinski definition) is 4. The Labute approximate surface area is 186 Å². The summed E-state index contributed by atoms with van der Waals surface area (Å²) in [7, 11) is -1.40. The lowest BCUT2D eigenvalue weighted by atomic mass is 10.1. The number of rotatable bonds is 7. The zero-order valence-corrected chi connectivity index (χ0v) is 18.5. The number of nitrogens with one attached hydrogen (secondary N) is 3. The van der Waals surface area contributed by atoms with Crippen LogP contribution in [0.2, 0.25) is 0 Å². The first-order valence-corrected chi connectivity index (χ1v) is 11.5. The number of hydrogen-bond acceptors (Lipinski definition) is 6. The van der Waals surface area contributed by atoms with E-state index in [-0.39, 0.29) is 13.2 Å². The molecule has 0 spiro atoms. The lowest BCUT2D eigenvalue weighted by Gasteiger charge is -2.28. The Morgan fingerprint density at radius 1 is 1.27 bits per heavy atom. The SMILES string of the molecule is O=S(NCCO)C1=CC=CCC(NC2=CC(c3ccccc3)=NC3=C(Br)CNN23)=C1. The average Bonchev–Trinajstić information content (AvgIpc) is 2.99. The van der Waals surface area contributed by atoms with E-state index in [0.29, 0.717) is 17.9 Å². The number of aliphatic hydroxyl groups is 1. The topological polar surface area (TPSA) is 89.0 Å². The number of aliphatic hydroxyl groups excluding tert-OH is 1. The molecule has 1 aliphatic carbocycles. The van der Waals surface area contributed by atoms with E-state index in [1.807, 2.05) is 65.7 Å². The van der Waals surface area contributed by atoms with E-state index >= 15 is 0 Å². The molecule has 1 unspecified atom stereocenters. The molecule has 156 valence electrons. The number of hydrazine groups is 1. The number of aliphatic imine (C=N–C) groups is 1. The first-order valence-electron chi connectivity index (χ1n) is 9.54. The van der Waals surface area contributed by atoms with Crippen molar-refractivity contribution in [3.05, 3.63) is 93.0 Å². The Morgan fingerprint density at radius 3 is 2.90 bits per heavy atom. The molecule has 1 aromatic rings. The Balaban J connectivity index is 1.62. The normalized spacial score (nSPS) is 19.5. The second-order valence-corrected chi connectivity index (χ2v) is 8.93. The number of allylic oxidation sites excluding steroid dienone is 5. The molecule has 30 heavy (non-hydrogen) atoms. The number of nitrogens with zero attached hydrogens (tertiary/aromatic N) is 2. The molecule has 4 N–H and O–H groups in total. The van der Waals surface area contributed by atoms with Crippen molar-refractivity contribution in [1.29, 1.82) is 0 Å². The van der Waals surface area contributed by atoms with Crippen molar-refractivity contribution < 1.29 is 9.32 Å². The van der Waals surface area contributed by atoms with Gasteiger partial charge in [0.1, 0.15) is 16.8 Å². The summed E-state index contributed by atoms with van der Waals surface area (Å²) in [5, 5.41) is 14.4. The van der Waals surface area contributed by atoms with Crippen LogP contribution in [0.4, 0.5) is 0 Å². The molecule has 0 aromatic heterocycles. The van der Waals surface area contributed by atoms with Crippen molar-refractivity contribution >= 4 is 32.6 Å². The van der Waals surface area contributed by atoms with Crippen molar-refractivity contribution in [3.8, 4) is 0 Å². The zero-order chi connectivity index (χ0) is 20.9. The van der Waals surface area contributed by atoms with Gasteiger partial charge < -0.3 is 10.4 Å². The molecular weight excluding hydrogens is 466 g/mol. The molecule has 4 rings (SSSR count). The van der Waals surface area contributed by atoms with Gasteiger partial charge in [-0.1, -0.05) is 58.4 Å². The largest absolute Gasteiger partial charge is 0.395 e. The van der Waals surface area contributed by atoms with Gasteiger partial charge in [0.05, 0.1) is 28.3 Å². The minimum Gasteiger partial charge on any atom is -0.395 e. The van der Waals surface area contributed by atoms with Gasteiger partial charge in [-0.2, -0.15) is 0 Å². The molecule has 0 saturated carbocycles. The highest BCUT2D eigenvalue weighted by molar-refractivity contribution is 9.11. The number of benzene rings is 1. The third-order valence-corrected chi connectivity index (χ3v) is 6.34. The quantitative estimate of drug-likeness (QED) is 0.473. The second-order valence-electron chi connectivity index (χ2n) is 6.67. The second kappa shape index (κ2) is 9.67. The molecule has 0 fully saturated rings. The van der Waals surface area contributed by atoms with Crippen LogP contribution < -0.4 is 15.5 Å². The number of fused-ring (bicyclic) bond motifs is 1. The molecule has 1 aromatic carbocycles. The molecule has 0 amide bonds. The molecule has 0 saturated heterocycles. The molecule has 0 radical (unpaired) electrons. The van der Waals surface area contributed by atoms with E-state index in [1.54, 1.807) is 0 Å². The van der Waals surface area contributed by atoms with Crippen LogP contribution in [0.25, 0.3) is 0 Å². The molecule has 1 atom stereocenters. The van der Waals surface area contributed by atoms with Gasteiger partial charge in [-0.15, -0.1) is 0 Å². The van der Waals surface area contributed by atoms with Crippen LogP contribution in [0.3, 0.4) is 0 Å². The highest BCUT2D eigenvalue weighted by Gasteiger charge is 2.28. The van der Waals surface area contributed by atoms with Crippen LogP contribution in [0.5, 0.6) is 0 Å². The fraction of sp³-hybridized carbons (Fsp3) is 0.190. The van der Waals surface area contributed by atoms with Crippen LogP contribution >= 0.6 is 15.9 Å². The fourth-order valence-electron chi connectivity index (χ4n) is 3.15. The molecule has 0 bridgehead atoms. The maximum atomic E-state index is 12.5. The fourth-order valence-corrected chi connectivity index (χ4v) is 4.43. The minimum atomic E-state index is -1.40. The Bertz CT molecular complexity index is 1030. The van der Waals surface area contributed by atoms with Gasteiger partial charge in [-0.25, -0.2) is 24.4 Å². The van der Waals surface area contributed by atoms with Crippen LogP contribution in [-0.2, 0) is 11.0 Å². The van der Waals surface area contributed by atoms with Crippen molar-refractivity contribution in [2.75, 3.05) is 19.7 Å². The molecule has 9 heteroatoms. The standard InChI is InChI=1S/C21H22BrN5O2S/c22-18-14-23-27-20(13-19(26-21(18)27)15-6-2-1-3-7-15)25-16-8-4-5-9-17(12-16)30(29)24-10-11-28/h1-7,9,12-13,23-25,28H,8,10-11,14H2. The van der Waals surface area contributed by atoms with Gasteiger partial charge in [0, 0.05) is 30.3 Å². The lowest BCUT2D eigenvalue weighted by molar-refractivity contribution is 0.302. The highest BCUT2D eigenvalue weighted by Crippen LogP contribution is 2.29. The summed E-state index contributed by atoms with van der Waals surface area (Å²) in [6.45, 7) is 0.855. The Hall–Kier alpha value is -2.30. The maximum absolute atomic E-state index is 12.5. The van der Waals surface area contributed by atoms with Gasteiger partial charge in [0.2, 0.25) is 0 Å². The molecule has 3 aliphatic rings. The van der Waals surface area contributed by atoms with Gasteiger partial charge in [0.25, 0.3) is 0 Å². The van der Waals surface area contributed by atoms with Crippen molar-refractivity contribution in [1.82, 2.24) is 20.5 Å². The number of halogens is 1. The van der Waals surface area contributed by atoms with E-state index < -0.39 is 11.0 Å². The molecule has 2 aliphatic heterocycles. The zero-order valence-electron chi connectivity index (χ0n) is 16.1. The summed E-state index contributed by atoms with van der Waals surface area (Å²) in [5.74, 6) is 1.65. The smallest absolute Gasteiger partial charge is 0.161 e. The van der Waals surface area contributed by atoms with E-state index in [0.717, 1.165) is 33.1 Å². The lowest BCUT2D eigenvalue weighted by Crippen LogP contribution is -2.39. The van der Waals surface area contributed by atoms with E-state index in [9.17, 15) is 4.21 Å². The highest BCUT2D eigenvalue weighted by atomic mass is 79.9. The summed E-state index contributed by atoms with van der Waals surface area (Å²) in [6, 6.07) is 10.0. The van der Waals surface area contributed by atoms with Crippen molar-refractivity contribution in [2.45, 2.75) is 6.42 Å².